The molecule has 0 fully saturated rings. The molecular weight excluding hydrogens is 334 g/mol. The third-order valence-electron chi connectivity index (χ3n) is 3.13. The Kier molecular flexibility index (Phi) is 7.98. The first-order valence-electron chi connectivity index (χ1n) is 7.10. The second kappa shape index (κ2) is 9.22. The maximum atomic E-state index is 13.1. The van der Waals surface area contributed by atoms with Gasteiger partial charge >= 0.3 is 12.3 Å². The van der Waals surface area contributed by atoms with Crippen molar-refractivity contribution in [2.45, 2.75) is 30.6 Å². The molecule has 0 bridgehead atoms. The van der Waals surface area contributed by atoms with E-state index in [0.717, 1.165) is 18.7 Å². The van der Waals surface area contributed by atoms with E-state index in [4.69, 9.17) is 9.47 Å². The summed E-state index contributed by atoms with van der Waals surface area (Å²) in [4.78, 5) is 0.344. The van der Waals surface area contributed by atoms with Crippen LogP contribution in [0.15, 0.2) is 17.0 Å². The van der Waals surface area contributed by atoms with Crippen molar-refractivity contribution in [1.29, 1.82) is 0 Å². The van der Waals surface area contributed by atoms with Crippen molar-refractivity contribution < 1.29 is 27.0 Å². The Hall–Kier alpha value is -1.15. The van der Waals surface area contributed by atoms with Crippen molar-refractivity contribution >= 4 is 11.8 Å². The highest BCUT2D eigenvalue weighted by Crippen LogP contribution is 2.39. The van der Waals surface area contributed by atoms with E-state index in [9.17, 15) is 17.6 Å². The lowest BCUT2D eigenvalue weighted by molar-refractivity contribution is -0.109. The number of hydrogen-bond acceptors (Lipinski definition) is 4. The van der Waals surface area contributed by atoms with Crippen molar-refractivity contribution in [2.75, 3.05) is 33.1 Å². The number of alkyl halides is 4. The predicted molar refractivity (Wildman–Crippen MR) is 83.5 cm³/mol. The fourth-order valence-corrected chi connectivity index (χ4v) is 2.83. The molecule has 1 aromatic rings. The molecule has 8 heteroatoms. The minimum atomic E-state index is -4.05. The molecule has 0 amide bonds. The molecule has 23 heavy (non-hydrogen) atoms. The summed E-state index contributed by atoms with van der Waals surface area (Å²) >= 11 is 0.623. The van der Waals surface area contributed by atoms with Gasteiger partial charge in [-0.25, -0.2) is 8.78 Å². The lowest BCUT2D eigenvalue weighted by Crippen LogP contribution is -2.29. The zero-order chi connectivity index (χ0) is 17.5. The average Bonchev–Trinajstić information content (AvgIpc) is 2.53. The first-order chi connectivity index (χ1) is 10.9. The highest BCUT2D eigenvalue weighted by molar-refractivity contribution is 7.99. The first kappa shape index (κ1) is 19.9. The van der Waals surface area contributed by atoms with E-state index in [0.29, 0.717) is 34.6 Å². The van der Waals surface area contributed by atoms with E-state index < -0.39 is 18.1 Å². The van der Waals surface area contributed by atoms with Gasteiger partial charge in [0.25, 0.3) is 0 Å². The summed E-state index contributed by atoms with van der Waals surface area (Å²) in [6, 6.07) is 3.24. The van der Waals surface area contributed by atoms with Crippen LogP contribution in [0.2, 0.25) is 0 Å². The van der Waals surface area contributed by atoms with Crippen LogP contribution in [-0.2, 0) is 6.42 Å². The normalized spacial score (nSPS) is 11.8. The van der Waals surface area contributed by atoms with Gasteiger partial charge in [0.05, 0.1) is 24.9 Å². The number of rotatable bonds is 10. The molecule has 0 aliphatic rings. The van der Waals surface area contributed by atoms with Gasteiger partial charge in [0.15, 0.2) is 0 Å². The average molecular weight is 355 g/mol. The minimum absolute atomic E-state index is 0.344. The van der Waals surface area contributed by atoms with Crippen LogP contribution in [0.4, 0.5) is 17.6 Å². The topological polar surface area (TPSA) is 30.5 Å². The van der Waals surface area contributed by atoms with Crippen molar-refractivity contribution in [3.05, 3.63) is 17.7 Å². The summed E-state index contributed by atoms with van der Waals surface area (Å²) in [6.45, 7) is 3.54. The second-order valence-electron chi connectivity index (χ2n) is 4.77. The van der Waals surface area contributed by atoms with E-state index in [-0.39, 0.29) is 0 Å². The number of methoxy groups -OCH3 is 2. The molecular formula is C15H21F4NO2S. The van der Waals surface area contributed by atoms with Crippen LogP contribution < -0.4 is 14.8 Å². The third-order valence-corrected chi connectivity index (χ3v) is 4.29. The molecule has 0 atom stereocenters. The first-order valence-corrected chi connectivity index (χ1v) is 8.08. The smallest absolute Gasteiger partial charge is 0.316 e. The molecule has 0 spiro atoms. The molecule has 1 N–H and O–H groups in total. The van der Waals surface area contributed by atoms with Gasteiger partial charge in [-0.2, -0.15) is 8.78 Å². The van der Waals surface area contributed by atoms with Gasteiger partial charge in [-0.1, -0.05) is 6.92 Å². The van der Waals surface area contributed by atoms with Gasteiger partial charge in [-0.15, -0.1) is 11.8 Å². The molecule has 3 nitrogen and oxygen atoms in total. The number of hydrogen-bond donors (Lipinski definition) is 1. The molecule has 1 aromatic carbocycles. The van der Waals surface area contributed by atoms with Crippen molar-refractivity contribution in [3.63, 3.8) is 0 Å². The van der Waals surface area contributed by atoms with Crippen LogP contribution in [0, 0.1) is 0 Å². The largest absolute Gasteiger partial charge is 0.496 e. The van der Waals surface area contributed by atoms with Crippen LogP contribution >= 0.6 is 11.8 Å². The zero-order valence-electron chi connectivity index (χ0n) is 13.3. The molecule has 1 rings (SSSR count). The van der Waals surface area contributed by atoms with Crippen molar-refractivity contribution in [3.8, 4) is 11.5 Å². The van der Waals surface area contributed by atoms with E-state index >= 15 is 0 Å². The Bertz CT molecular complexity index is 501. The zero-order valence-corrected chi connectivity index (χ0v) is 14.1. The monoisotopic (exact) mass is 355 g/mol. The lowest BCUT2D eigenvalue weighted by atomic mass is 10.1. The third kappa shape index (κ3) is 5.76. The van der Waals surface area contributed by atoms with Crippen molar-refractivity contribution in [2.24, 2.45) is 0 Å². The fourth-order valence-electron chi connectivity index (χ4n) is 1.88. The molecule has 0 aromatic heterocycles. The Morgan fingerprint density at radius 1 is 1.17 bits per heavy atom. The van der Waals surface area contributed by atoms with Gasteiger partial charge in [0.1, 0.15) is 11.5 Å². The molecule has 0 unspecified atom stereocenters. The van der Waals surface area contributed by atoms with E-state index in [1.807, 2.05) is 6.92 Å². The molecule has 0 aliphatic carbocycles. The van der Waals surface area contributed by atoms with Gasteiger partial charge < -0.3 is 14.8 Å². The Labute approximate surface area is 137 Å². The Morgan fingerprint density at radius 2 is 1.83 bits per heavy atom. The fraction of sp³-hybridized carbons (Fsp3) is 0.600. The molecule has 0 saturated carbocycles. The maximum absolute atomic E-state index is 13.1. The van der Waals surface area contributed by atoms with Gasteiger partial charge in [-0.05, 0) is 37.2 Å². The Morgan fingerprint density at radius 3 is 2.35 bits per heavy atom. The van der Waals surface area contributed by atoms with Crippen LogP contribution in [-0.4, -0.2) is 45.4 Å². The summed E-state index contributed by atoms with van der Waals surface area (Å²) < 4.78 is 61.1. The molecule has 132 valence electrons. The number of halogens is 4. The summed E-state index contributed by atoms with van der Waals surface area (Å²) in [5.74, 6) is -4.19. The van der Waals surface area contributed by atoms with Crippen LogP contribution in [0.5, 0.6) is 11.5 Å². The second-order valence-corrected chi connectivity index (χ2v) is 5.79. The van der Waals surface area contributed by atoms with E-state index in [1.165, 1.54) is 14.2 Å². The number of benzene rings is 1. The molecule has 0 aliphatic heterocycles. The SMILES string of the molecule is CCNCCc1cc(OC)c(SCC(F)(F)C(F)F)cc1OC. The van der Waals surface area contributed by atoms with Gasteiger partial charge in [0, 0.05) is 0 Å². The number of nitrogens with one attached hydrogen (secondary N) is 1. The van der Waals surface area contributed by atoms with Crippen LogP contribution in [0.1, 0.15) is 12.5 Å². The van der Waals surface area contributed by atoms with Crippen LogP contribution in [0.25, 0.3) is 0 Å². The number of ether oxygens (including phenoxy) is 2. The molecule has 0 saturated heterocycles. The number of likely N-dealkylation sites (N-methyl/N-ethyl adjacent to an activating group) is 1. The van der Waals surface area contributed by atoms with Gasteiger partial charge in [-0.3, -0.25) is 0 Å². The summed E-state index contributed by atoms with van der Waals surface area (Å²) in [6.07, 6.45) is -3.02. The quantitative estimate of drug-likeness (QED) is 0.392. The van der Waals surface area contributed by atoms with Crippen molar-refractivity contribution in [1.82, 2.24) is 5.32 Å². The predicted octanol–water partition coefficient (Wildman–Crippen LogP) is 3.85. The minimum Gasteiger partial charge on any atom is -0.496 e. The maximum Gasteiger partial charge on any atom is 0.316 e. The molecule has 0 radical (unpaired) electrons. The highest BCUT2D eigenvalue weighted by atomic mass is 32.2. The highest BCUT2D eigenvalue weighted by Gasteiger charge is 2.40. The summed E-state index contributed by atoms with van der Waals surface area (Å²) in [7, 11) is 2.88. The molecule has 0 heterocycles. The Balaban J connectivity index is 2.95. The summed E-state index contributed by atoms with van der Waals surface area (Å²) in [5, 5.41) is 3.17. The number of thioether (sulfide) groups is 1. The van der Waals surface area contributed by atoms with Gasteiger partial charge in [0.2, 0.25) is 0 Å². The van der Waals surface area contributed by atoms with E-state index in [2.05, 4.69) is 5.32 Å². The van der Waals surface area contributed by atoms with E-state index in [1.54, 1.807) is 12.1 Å². The lowest BCUT2D eigenvalue weighted by Gasteiger charge is -2.18. The van der Waals surface area contributed by atoms with Crippen LogP contribution in [0.3, 0.4) is 0 Å². The standard InChI is InChI=1S/C15H21F4NO2S/c1-4-20-6-5-10-7-12(22-3)13(8-11(10)21-2)23-9-15(18,19)14(16)17/h7-8,14,20H,4-6,9H2,1-3H3. The summed E-state index contributed by atoms with van der Waals surface area (Å²) in [5.41, 5.74) is 0.857.